The maximum atomic E-state index is 12.1. The molecule has 20 heavy (non-hydrogen) atoms. The number of aromatic nitrogens is 1. The van der Waals surface area contributed by atoms with Crippen LogP contribution in [0.3, 0.4) is 0 Å². The van der Waals surface area contributed by atoms with Crippen LogP contribution >= 0.6 is 23.2 Å². The number of halogens is 2. The van der Waals surface area contributed by atoms with E-state index in [4.69, 9.17) is 27.9 Å². The molecule has 1 aromatic carbocycles. The number of ether oxygens (including phenoxy) is 1. The molecule has 0 unspecified atom stereocenters. The molecule has 2 aromatic rings. The van der Waals surface area contributed by atoms with Gasteiger partial charge in [-0.15, -0.1) is 0 Å². The molecule has 1 amide bonds. The van der Waals surface area contributed by atoms with Crippen molar-refractivity contribution < 1.29 is 9.53 Å². The van der Waals surface area contributed by atoms with E-state index in [0.29, 0.717) is 23.6 Å². The molecule has 0 fully saturated rings. The Balaban J connectivity index is 2.16. The summed E-state index contributed by atoms with van der Waals surface area (Å²) in [5.74, 6) is 0.376. The van der Waals surface area contributed by atoms with Gasteiger partial charge in [-0.1, -0.05) is 29.3 Å². The van der Waals surface area contributed by atoms with E-state index in [0.717, 1.165) is 0 Å². The topological polar surface area (TPSA) is 51.2 Å². The Kier molecular flexibility index (Phi) is 4.82. The van der Waals surface area contributed by atoms with Crippen molar-refractivity contribution in [2.24, 2.45) is 0 Å². The maximum Gasteiger partial charge on any atom is 0.255 e. The number of nitrogens with one attached hydrogen (secondary N) is 1. The number of hydrogen-bond acceptors (Lipinski definition) is 3. The second-order valence-corrected chi connectivity index (χ2v) is 4.69. The predicted molar refractivity (Wildman–Crippen MR) is 79.8 cm³/mol. The highest BCUT2D eigenvalue weighted by Gasteiger charge is 2.09. The van der Waals surface area contributed by atoms with E-state index in [9.17, 15) is 4.79 Å². The summed E-state index contributed by atoms with van der Waals surface area (Å²) < 4.78 is 5.37. The largest absolute Gasteiger partial charge is 0.494 e. The number of benzene rings is 1. The summed E-state index contributed by atoms with van der Waals surface area (Å²) in [5.41, 5.74) is 0.974. The van der Waals surface area contributed by atoms with Gasteiger partial charge in [0.15, 0.2) is 0 Å². The molecule has 0 saturated heterocycles. The normalized spacial score (nSPS) is 10.2. The monoisotopic (exact) mass is 310 g/mol. The summed E-state index contributed by atoms with van der Waals surface area (Å²) in [7, 11) is 0. The van der Waals surface area contributed by atoms with Crippen LogP contribution in [0.1, 0.15) is 17.3 Å². The summed E-state index contributed by atoms with van der Waals surface area (Å²) in [4.78, 5) is 15.9. The lowest BCUT2D eigenvalue weighted by Gasteiger charge is -2.08. The van der Waals surface area contributed by atoms with Gasteiger partial charge in [0.25, 0.3) is 5.91 Å². The number of pyridine rings is 1. The molecule has 104 valence electrons. The summed E-state index contributed by atoms with van der Waals surface area (Å²) in [6, 6.07) is 10.0. The molecule has 1 heterocycles. The molecule has 0 aliphatic heterocycles. The average Bonchev–Trinajstić information content (AvgIpc) is 2.38. The Morgan fingerprint density at radius 3 is 2.60 bits per heavy atom. The van der Waals surface area contributed by atoms with Crippen molar-refractivity contribution in [2.75, 3.05) is 11.9 Å². The number of carbonyl (C=O) groups is 1. The van der Waals surface area contributed by atoms with Gasteiger partial charge in [-0.25, -0.2) is 4.98 Å². The SMILES string of the molecule is CCOc1cccc(NC(=O)c2cc(Cl)nc(Cl)c2)c1. The number of rotatable bonds is 4. The van der Waals surface area contributed by atoms with Crippen LogP contribution in [-0.4, -0.2) is 17.5 Å². The van der Waals surface area contributed by atoms with E-state index in [1.807, 2.05) is 13.0 Å². The van der Waals surface area contributed by atoms with Crippen LogP contribution in [0.2, 0.25) is 10.3 Å². The first kappa shape index (κ1) is 14.6. The van der Waals surface area contributed by atoms with E-state index in [2.05, 4.69) is 10.3 Å². The first-order valence-corrected chi connectivity index (χ1v) is 6.71. The fourth-order valence-electron chi connectivity index (χ4n) is 1.63. The zero-order valence-electron chi connectivity index (χ0n) is 10.7. The molecule has 0 aliphatic carbocycles. The van der Waals surface area contributed by atoms with Crippen molar-refractivity contribution >= 4 is 34.8 Å². The van der Waals surface area contributed by atoms with Crippen molar-refractivity contribution in [1.29, 1.82) is 0 Å². The third kappa shape index (κ3) is 3.85. The Hall–Kier alpha value is -1.78. The van der Waals surface area contributed by atoms with E-state index < -0.39 is 0 Å². The second-order valence-electron chi connectivity index (χ2n) is 3.92. The molecule has 0 radical (unpaired) electrons. The molecule has 1 N–H and O–H groups in total. The summed E-state index contributed by atoms with van der Waals surface area (Å²) in [5, 5.41) is 3.09. The Bertz CT molecular complexity index is 612. The maximum absolute atomic E-state index is 12.1. The Morgan fingerprint density at radius 2 is 1.95 bits per heavy atom. The minimum absolute atomic E-state index is 0.172. The van der Waals surface area contributed by atoms with Crippen LogP contribution in [0.25, 0.3) is 0 Å². The van der Waals surface area contributed by atoms with Crippen LogP contribution < -0.4 is 10.1 Å². The van der Waals surface area contributed by atoms with Gasteiger partial charge in [0.2, 0.25) is 0 Å². The first-order valence-electron chi connectivity index (χ1n) is 5.96. The van der Waals surface area contributed by atoms with Crippen molar-refractivity contribution in [1.82, 2.24) is 4.98 Å². The van der Waals surface area contributed by atoms with Crippen molar-refractivity contribution in [2.45, 2.75) is 6.92 Å². The lowest BCUT2D eigenvalue weighted by Crippen LogP contribution is -2.12. The van der Waals surface area contributed by atoms with Gasteiger partial charge in [-0.05, 0) is 31.2 Å². The van der Waals surface area contributed by atoms with Gasteiger partial charge < -0.3 is 10.1 Å². The van der Waals surface area contributed by atoms with Gasteiger partial charge in [0, 0.05) is 17.3 Å². The molecule has 0 bridgehead atoms. The molecule has 0 saturated carbocycles. The third-order valence-electron chi connectivity index (χ3n) is 2.43. The predicted octanol–water partition coefficient (Wildman–Crippen LogP) is 4.04. The molecule has 4 nitrogen and oxygen atoms in total. The number of hydrogen-bond donors (Lipinski definition) is 1. The van der Waals surface area contributed by atoms with Crippen LogP contribution in [0.15, 0.2) is 36.4 Å². The quantitative estimate of drug-likeness (QED) is 0.867. The van der Waals surface area contributed by atoms with E-state index in [1.54, 1.807) is 18.2 Å². The summed E-state index contributed by atoms with van der Waals surface area (Å²) in [6.07, 6.45) is 0. The highest BCUT2D eigenvalue weighted by molar-refractivity contribution is 6.33. The summed E-state index contributed by atoms with van der Waals surface area (Å²) in [6.45, 7) is 2.46. The molecule has 6 heteroatoms. The van der Waals surface area contributed by atoms with E-state index in [-0.39, 0.29) is 16.2 Å². The number of amides is 1. The van der Waals surface area contributed by atoms with Crippen molar-refractivity contribution in [3.05, 3.63) is 52.3 Å². The highest BCUT2D eigenvalue weighted by Crippen LogP contribution is 2.19. The Labute approximate surface area is 126 Å². The van der Waals surface area contributed by atoms with E-state index in [1.165, 1.54) is 12.1 Å². The molecule has 0 aliphatic rings. The fraction of sp³-hybridized carbons (Fsp3) is 0.143. The molecule has 0 atom stereocenters. The van der Waals surface area contributed by atoms with Crippen LogP contribution in [0.4, 0.5) is 5.69 Å². The minimum Gasteiger partial charge on any atom is -0.494 e. The lowest BCUT2D eigenvalue weighted by molar-refractivity contribution is 0.102. The standard InChI is InChI=1S/C14H12Cl2N2O2/c1-2-20-11-5-3-4-10(8-11)17-14(19)9-6-12(15)18-13(16)7-9/h3-8H,2H2,1H3,(H,17,19). The molecular weight excluding hydrogens is 299 g/mol. The highest BCUT2D eigenvalue weighted by atomic mass is 35.5. The van der Waals surface area contributed by atoms with Gasteiger partial charge >= 0.3 is 0 Å². The van der Waals surface area contributed by atoms with Gasteiger partial charge in [-0.3, -0.25) is 4.79 Å². The van der Waals surface area contributed by atoms with Crippen molar-refractivity contribution in [3.63, 3.8) is 0 Å². The minimum atomic E-state index is -0.315. The number of anilines is 1. The fourth-order valence-corrected chi connectivity index (χ4v) is 2.09. The number of carbonyl (C=O) groups excluding carboxylic acids is 1. The molecule has 0 spiro atoms. The van der Waals surface area contributed by atoms with Gasteiger partial charge in [0.1, 0.15) is 16.1 Å². The summed E-state index contributed by atoms with van der Waals surface area (Å²) >= 11 is 11.5. The van der Waals surface area contributed by atoms with Crippen LogP contribution in [-0.2, 0) is 0 Å². The number of nitrogens with zero attached hydrogens (tertiary/aromatic N) is 1. The Morgan fingerprint density at radius 1 is 1.25 bits per heavy atom. The molecule has 2 rings (SSSR count). The average molecular weight is 311 g/mol. The third-order valence-corrected chi connectivity index (χ3v) is 2.82. The second kappa shape index (κ2) is 6.59. The molecular formula is C14H12Cl2N2O2. The van der Waals surface area contributed by atoms with Crippen LogP contribution in [0, 0.1) is 0 Å². The molecule has 1 aromatic heterocycles. The van der Waals surface area contributed by atoms with Gasteiger partial charge in [0.05, 0.1) is 6.61 Å². The zero-order chi connectivity index (χ0) is 14.5. The van der Waals surface area contributed by atoms with Crippen molar-refractivity contribution in [3.8, 4) is 5.75 Å². The van der Waals surface area contributed by atoms with Crippen LogP contribution in [0.5, 0.6) is 5.75 Å². The van der Waals surface area contributed by atoms with E-state index >= 15 is 0 Å². The first-order chi connectivity index (χ1) is 9.58. The van der Waals surface area contributed by atoms with Gasteiger partial charge in [-0.2, -0.15) is 0 Å². The lowest BCUT2D eigenvalue weighted by atomic mass is 10.2. The smallest absolute Gasteiger partial charge is 0.255 e. The zero-order valence-corrected chi connectivity index (χ0v) is 12.2.